The molecule has 15 heavy (non-hydrogen) atoms. The van der Waals surface area contributed by atoms with Crippen molar-refractivity contribution in [3.8, 4) is 5.75 Å². The lowest BCUT2D eigenvalue weighted by Gasteiger charge is -2.11. The van der Waals surface area contributed by atoms with Crippen LogP contribution in [0.4, 0.5) is 4.39 Å². The van der Waals surface area contributed by atoms with Gasteiger partial charge < -0.3 is 9.47 Å². The van der Waals surface area contributed by atoms with Crippen molar-refractivity contribution in [2.75, 3.05) is 13.2 Å². The maximum atomic E-state index is 13.0. The Balaban J connectivity index is 2.12. The lowest BCUT2D eigenvalue weighted by atomic mass is 10.2. The van der Waals surface area contributed by atoms with E-state index in [1.807, 2.05) is 0 Å². The van der Waals surface area contributed by atoms with Gasteiger partial charge in [0.15, 0.2) is 0 Å². The number of hydrogen-bond acceptors (Lipinski definition) is 3. The highest BCUT2D eigenvalue weighted by atomic mass is 19.1. The van der Waals surface area contributed by atoms with E-state index in [0.717, 1.165) is 6.42 Å². The Bertz CT molecular complexity index is 359. The Morgan fingerprint density at radius 2 is 2.33 bits per heavy atom. The molecule has 0 aromatic heterocycles. The Hall–Kier alpha value is -1.42. The van der Waals surface area contributed by atoms with Crippen molar-refractivity contribution >= 4 is 6.29 Å². The molecule has 0 saturated carbocycles. The van der Waals surface area contributed by atoms with Gasteiger partial charge in [0.25, 0.3) is 0 Å². The number of benzene rings is 1. The molecule has 1 heterocycles. The minimum Gasteiger partial charge on any atom is -0.488 e. The van der Waals surface area contributed by atoms with Gasteiger partial charge >= 0.3 is 0 Å². The van der Waals surface area contributed by atoms with Crippen LogP contribution in [0.1, 0.15) is 16.8 Å². The summed E-state index contributed by atoms with van der Waals surface area (Å²) in [6, 6.07) is 3.96. The van der Waals surface area contributed by atoms with E-state index in [-0.39, 0.29) is 11.7 Å². The fraction of sp³-hybridized carbons (Fsp3) is 0.364. The lowest BCUT2D eigenvalue weighted by Crippen LogP contribution is -2.15. The smallest absolute Gasteiger partial charge is 0.150 e. The molecule has 0 N–H and O–H groups in total. The first-order valence-corrected chi connectivity index (χ1v) is 4.78. The van der Waals surface area contributed by atoms with Crippen LogP contribution in [0.5, 0.6) is 5.75 Å². The van der Waals surface area contributed by atoms with E-state index in [0.29, 0.717) is 25.2 Å². The van der Waals surface area contributed by atoms with Gasteiger partial charge in [-0.3, -0.25) is 4.79 Å². The monoisotopic (exact) mass is 210 g/mol. The molecule has 1 saturated heterocycles. The van der Waals surface area contributed by atoms with Gasteiger partial charge in [-0.15, -0.1) is 0 Å². The molecule has 80 valence electrons. The number of hydrogen-bond donors (Lipinski definition) is 0. The Morgan fingerprint density at radius 3 is 3.00 bits per heavy atom. The normalized spacial score (nSPS) is 20.2. The first-order valence-electron chi connectivity index (χ1n) is 4.78. The molecule has 1 aliphatic heterocycles. The molecule has 2 rings (SSSR count). The summed E-state index contributed by atoms with van der Waals surface area (Å²) in [6.45, 7) is 1.19. The number of rotatable bonds is 3. The Morgan fingerprint density at radius 1 is 1.47 bits per heavy atom. The number of carbonyl (C=O) groups excluding carboxylic acids is 1. The van der Waals surface area contributed by atoms with Crippen molar-refractivity contribution in [3.63, 3.8) is 0 Å². The van der Waals surface area contributed by atoms with Crippen molar-refractivity contribution in [1.29, 1.82) is 0 Å². The molecule has 0 radical (unpaired) electrons. The predicted octanol–water partition coefficient (Wildman–Crippen LogP) is 1.81. The van der Waals surface area contributed by atoms with Crippen molar-refractivity contribution < 1.29 is 18.7 Å². The summed E-state index contributed by atoms with van der Waals surface area (Å²) in [5.74, 6) is -0.0823. The first kappa shape index (κ1) is 10.1. The van der Waals surface area contributed by atoms with Crippen LogP contribution in [0.3, 0.4) is 0 Å². The van der Waals surface area contributed by atoms with E-state index >= 15 is 0 Å². The van der Waals surface area contributed by atoms with Crippen molar-refractivity contribution in [2.45, 2.75) is 12.5 Å². The first-order chi connectivity index (χ1) is 7.28. The minimum atomic E-state index is -0.464. The molecule has 3 nitrogen and oxygen atoms in total. The quantitative estimate of drug-likeness (QED) is 0.714. The largest absolute Gasteiger partial charge is 0.488 e. The fourth-order valence-electron chi connectivity index (χ4n) is 1.52. The molecule has 1 aromatic carbocycles. The zero-order chi connectivity index (χ0) is 10.7. The Kier molecular flexibility index (Phi) is 2.97. The second-order valence-corrected chi connectivity index (χ2v) is 3.44. The van der Waals surface area contributed by atoms with Crippen LogP contribution in [0.2, 0.25) is 0 Å². The van der Waals surface area contributed by atoms with Crippen LogP contribution >= 0.6 is 0 Å². The highest BCUT2D eigenvalue weighted by Gasteiger charge is 2.17. The number of halogens is 1. The van der Waals surface area contributed by atoms with Crippen LogP contribution in [-0.4, -0.2) is 25.6 Å². The maximum absolute atomic E-state index is 13.0. The zero-order valence-electron chi connectivity index (χ0n) is 8.11. The van der Waals surface area contributed by atoms with Gasteiger partial charge in [0.1, 0.15) is 24.0 Å². The summed E-state index contributed by atoms with van der Waals surface area (Å²) in [5.41, 5.74) is 0.281. The van der Waals surface area contributed by atoms with Gasteiger partial charge in [-0.25, -0.2) is 4.39 Å². The molecule has 0 spiro atoms. The molecule has 1 aromatic rings. The van der Waals surface area contributed by atoms with Crippen LogP contribution in [0.15, 0.2) is 18.2 Å². The topological polar surface area (TPSA) is 35.5 Å². The van der Waals surface area contributed by atoms with Crippen LogP contribution < -0.4 is 4.74 Å². The second kappa shape index (κ2) is 4.40. The van der Waals surface area contributed by atoms with E-state index in [9.17, 15) is 9.18 Å². The number of ether oxygens (including phenoxy) is 2. The van der Waals surface area contributed by atoms with Gasteiger partial charge in [-0.1, -0.05) is 0 Å². The van der Waals surface area contributed by atoms with E-state index in [2.05, 4.69) is 0 Å². The standard InChI is InChI=1S/C11H11FO3/c12-9-3-8(6-13)4-11(5-9)15-10-1-2-14-7-10/h3-6,10H,1-2,7H2. The fourth-order valence-corrected chi connectivity index (χ4v) is 1.52. The van der Waals surface area contributed by atoms with Crippen LogP contribution in [0, 0.1) is 5.82 Å². The average Bonchev–Trinajstić information content (AvgIpc) is 2.69. The van der Waals surface area contributed by atoms with E-state index in [1.165, 1.54) is 18.2 Å². The average molecular weight is 210 g/mol. The molecule has 0 amide bonds. The van der Waals surface area contributed by atoms with Crippen molar-refractivity contribution in [2.24, 2.45) is 0 Å². The van der Waals surface area contributed by atoms with E-state index < -0.39 is 5.82 Å². The van der Waals surface area contributed by atoms with Crippen LogP contribution in [-0.2, 0) is 4.74 Å². The second-order valence-electron chi connectivity index (χ2n) is 3.44. The third kappa shape index (κ3) is 2.53. The van der Waals surface area contributed by atoms with Gasteiger partial charge in [-0.05, 0) is 12.1 Å². The van der Waals surface area contributed by atoms with Crippen molar-refractivity contribution in [1.82, 2.24) is 0 Å². The third-order valence-corrected chi connectivity index (χ3v) is 2.22. The summed E-state index contributed by atoms with van der Waals surface area (Å²) in [7, 11) is 0. The van der Waals surface area contributed by atoms with Crippen molar-refractivity contribution in [3.05, 3.63) is 29.6 Å². The molecule has 1 aliphatic rings. The molecule has 4 heteroatoms. The van der Waals surface area contributed by atoms with Gasteiger partial charge in [0, 0.05) is 18.1 Å². The maximum Gasteiger partial charge on any atom is 0.150 e. The summed E-state index contributed by atoms with van der Waals surface area (Å²) < 4.78 is 23.6. The summed E-state index contributed by atoms with van der Waals surface area (Å²) in [4.78, 5) is 10.5. The molecule has 1 atom stereocenters. The molecule has 1 fully saturated rings. The van der Waals surface area contributed by atoms with Gasteiger partial charge in [0.05, 0.1) is 13.2 Å². The van der Waals surface area contributed by atoms with E-state index in [4.69, 9.17) is 9.47 Å². The Labute approximate surface area is 86.8 Å². The molecule has 0 aliphatic carbocycles. The lowest BCUT2D eigenvalue weighted by molar-refractivity contribution is 0.112. The zero-order valence-corrected chi connectivity index (χ0v) is 8.11. The molecule has 0 bridgehead atoms. The third-order valence-electron chi connectivity index (χ3n) is 2.22. The predicted molar refractivity (Wildman–Crippen MR) is 51.6 cm³/mol. The number of aldehydes is 1. The van der Waals surface area contributed by atoms with E-state index in [1.54, 1.807) is 0 Å². The highest BCUT2D eigenvalue weighted by molar-refractivity contribution is 5.75. The molecular weight excluding hydrogens is 199 g/mol. The van der Waals surface area contributed by atoms with Crippen LogP contribution in [0.25, 0.3) is 0 Å². The van der Waals surface area contributed by atoms with Gasteiger partial charge in [0.2, 0.25) is 0 Å². The molecular formula is C11H11FO3. The highest BCUT2D eigenvalue weighted by Crippen LogP contribution is 2.19. The minimum absolute atomic E-state index is 0.0358. The molecule has 1 unspecified atom stereocenters. The number of carbonyl (C=O) groups is 1. The van der Waals surface area contributed by atoms with Gasteiger partial charge in [-0.2, -0.15) is 0 Å². The summed E-state index contributed by atoms with van der Waals surface area (Å²) >= 11 is 0. The summed E-state index contributed by atoms with van der Waals surface area (Å²) in [5, 5.41) is 0. The SMILES string of the molecule is O=Cc1cc(F)cc(OC2CCOC2)c1. The summed E-state index contributed by atoms with van der Waals surface area (Å²) in [6.07, 6.45) is 1.36.